The van der Waals surface area contributed by atoms with Gasteiger partial charge in [-0.3, -0.25) is 4.99 Å². The third-order valence-corrected chi connectivity index (χ3v) is 6.78. The van der Waals surface area contributed by atoms with Crippen molar-refractivity contribution in [3.8, 4) is 0 Å². The van der Waals surface area contributed by atoms with Gasteiger partial charge in [0.25, 0.3) is 0 Å². The van der Waals surface area contributed by atoms with E-state index in [0.29, 0.717) is 24.8 Å². The molecule has 2 aliphatic rings. The molecule has 5 atom stereocenters. The number of hydrogen-bond donors (Lipinski definition) is 5. The number of hydrogen-bond acceptors (Lipinski definition) is 4. The standard InChI is InChI=1S/C20H38N4O2/c1-14(7-11-22-3)15-5-8-19(2,25)16-6-9-20(26,17(16)13-15)10-12-24-18(21)23-4/h15-17,22,25-26H,1,5-13H2,2-4H3,(H3,21,23,24). The summed E-state index contributed by atoms with van der Waals surface area (Å²) in [6, 6.07) is 0. The van der Waals surface area contributed by atoms with E-state index >= 15 is 0 Å². The maximum Gasteiger partial charge on any atom is 0.188 e. The molecule has 6 N–H and O–H groups in total. The minimum Gasteiger partial charge on any atom is -0.390 e. The minimum absolute atomic E-state index is 0.0953. The van der Waals surface area contributed by atoms with Gasteiger partial charge in [0.1, 0.15) is 0 Å². The van der Waals surface area contributed by atoms with Crippen molar-refractivity contribution < 1.29 is 10.2 Å². The van der Waals surface area contributed by atoms with Crippen molar-refractivity contribution >= 4 is 5.96 Å². The van der Waals surface area contributed by atoms with E-state index in [1.165, 1.54) is 5.57 Å². The minimum atomic E-state index is -0.762. The summed E-state index contributed by atoms with van der Waals surface area (Å²) in [5.41, 5.74) is 5.47. The molecule has 0 aromatic rings. The Morgan fingerprint density at radius 1 is 1.23 bits per heavy atom. The molecule has 0 aliphatic heterocycles. The smallest absolute Gasteiger partial charge is 0.188 e. The van der Waals surface area contributed by atoms with Gasteiger partial charge in [0, 0.05) is 13.6 Å². The van der Waals surface area contributed by atoms with Crippen LogP contribution in [0.25, 0.3) is 0 Å². The number of fused-ring (bicyclic) bond motifs is 1. The van der Waals surface area contributed by atoms with Gasteiger partial charge < -0.3 is 26.6 Å². The predicted octanol–water partition coefficient (Wildman–Crippen LogP) is 1.38. The Morgan fingerprint density at radius 3 is 2.62 bits per heavy atom. The molecule has 0 bridgehead atoms. The zero-order valence-corrected chi connectivity index (χ0v) is 16.7. The second-order valence-electron chi connectivity index (χ2n) is 8.48. The molecule has 0 radical (unpaired) electrons. The van der Waals surface area contributed by atoms with E-state index in [1.54, 1.807) is 7.05 Å². The van der Waals surface area contributed by atoms with Crippen molar-refractivity contribution in [2.75, 3.05) is 27.2 Å². The molecule has 0 aromatic heterocycles. The van der Waals surface area contributed by atoms with Gasteiger partial charge in [0.2, 0.25) is 0 Å². The van der Waals surface area contributed by atoms with Crippen LogP contribution in [0.15, 0.2) is 17.1 Å². The van der Waals surface area contributed by atoms with Gasteiger partial charge >= 0.3 is 0 Å². The number of nitrogens with one attached hydrogen (secondary N) is 2. The van der Waals surface area contributed by atoms with Crippen LogP contribution in [0.5, 0.6) is 0 Å². The zero-order chi connectivity index (χ0) is 19.4. The molecule has 0 saturated heterocycles. The summed E-state index contributed by atoms with van der Waals surface area (Å²) in [5, 5.41) is 28.8. The Labute approximate surface area is 158 Å². The number of aliphatic hydroxyl groups is 2. The highest BCUT2D eigenvalue weighted by atomic mass is 16.3. The van der Waals surface area contributed by atoms with Crippen molar-refractivity contribution in [3.05, 3.63) is 12.2 Å². The third kappa shape index (κ3) is 4.78. The Hall–Kier alpha value is -1.11. The molecule has 6 nitrogen and oxygen atoms in total. The summed E-state index contributed by atoms with van der Waals surface area (Å²) in [6.45, 7) is 7.78. The lowest BCUT2D eigenvalue weighted by atomic mass is 9.74. The zero-order valence-electron chi connectivity index (χ0n) is 16.7. The lowest BCUT2D eigenvalue weighted by molar-refractivity contribution is -0.0642. The van der Waals surface area contributed by atoms with Crippen molar-refractivity contribution in [2.24, 2.45) is 28.5 Å². The summed E-state index contributed by atoms with van der Waals surface area (Å²) in [6.07, 6.45) is 5.82. The van der Waals surface area contributed by atoms with Crippen LogP contribution in [0, 0.1) is 17.8 Å². The average molecular weight is 367 g/mol. The van der Waals surface area contributed by atoms with Gasteiger partial charge in [0.15, 0.2) is 5.96 Å². The van der Waals surface area contributed by atoms with E-state index in [2.05, 4.69) is 22.2 Å². The average Bonchev–Trinajstić information content (AvgIpc) is 2.85. The van der Waals surface area contributed by atoms with Gasteiger partial charge in [-0.2, -0.15) is 0 Å². The summed E-state index contributed by atoms with van der Waals surface area (Å²) < 4.78 is 0. The highest BCUT2D eigenvalue weighted by Gasteiger charge is 2.54. The van der Waals surface area contributed by atoms with Crippen LogP contribution in [0.4, 0.5) is 0 Å². The van der Waals surface area contributed by atoms with Crippen LogP contribution in [-0.4, -0.2) is 54.6 Å². The lowest BCUT2D eigenvalue weighted by Crippen LogP contribution is -2.44. The summed E-state index contributed by atoms with van der Waals surface area (Å²) in [4.78, 5) is 3.90. The van der Waals surface area contributed by atoms with Crippen LogP contribution in [0.2, 0.25) is 0 Å². The van der Waals surface area contributed by atoms with Gasteiger partial charge in [-0.15, -0.1) is 0 Å². The van der Waals surface area contributed by atoms with E-state index in [9.17, 15) is 10.2 Å². The molecule has 0 heterocycles. The molecule has 5 unspecified atom stereocenters. The van der Waals surface area contributed by atoms with E-state index < -0.39 is 11.2 Å². The first-order valence-corrected chi connectivity index (χ1v) is 9.96. The number of nitrogens with two attached hydrogens (primary N) is 1. The molecule has 0 aromatic carbocycles. The number of guanidine groups is 1. The van der Waals surface area contributed by atoms with Gasteiger partial charge in [-0.25, -0.2) is 0 Å². The molecule has 0 spiro atoms. The summed E-state index contributed by atoms with van der Waals surface area (Å²) in [7, 11) is 3.60. The fraction of sp³-hybridized carbons (Fsp3) is 0.850. The predicted molar refractivity (Wildman–Crippen MR) is 107 cm³/mol. The summed E-state index contributed by atoms with van der Waals surface area (Å²) >= 11 is 0. The first-order chi connectivity index (χ1) is 12.2. The largest absolute Gasteiger partial charge is 0.390 e. The molecule has 6 heteroatoms. The van der Waals surface area contributed by atoms with E-state index in [0.717, 1.165) is 45.1 Å². The van der Waals surface area contributed by atoms with Crippen molar-refractivity contribution in [1.82, 2.24) is 10.6 Å². The molecule has 2 saturated carbocycles. The molecular formula is C20H38N4O2. The third-order valence-electron chi connectivity index (χ3n) is 6.78. The number of nitrogens with zero attached hydrogens (tertiary/aromatic N) is 1. The van der Waals surface area contributed by atoms with Crippen LogP contribution in [0.1, 0.15) is 51.9 Å². The summed E-state index contributed by atoms with van der Waals surface area (Å²) in [5.74, 6) is 1.00. The molecule has 150 valence electrons. The normalized spacial score (nSPS) is 37.9. The molecular weight excluding hydrogens is 328 g/mol. The number of rotatable bonds is 7. The van der Waals surface area contributed by atoms with E-state index in [-0.39, 0.29) is 11.8 Å². The van der Waals surface area contributed by atoms with E-state index in [1.807, 2.05) is 14.0 Å². The van der Waals surface area contributed by atoms with E-state index in [4.69, 9.17) is 5.73 Å². The maximum atomic E-state index is 11.4. The fourth-order valence-electron chi connectivity index (χ4n) is 5.03. The monoisotopic (exact) mass is 366 g/mol. The van der Waals surface area contributed by atoms with Crippen LogP contribution in [-0.2, 0) is 0 Å². The van der Waals surface area contributed by atoms with Crippen molar-refractivity contribution in [3.63, 3.8) is 0 Å². The first kappa shape index (κ1) is 21.2. The quantitative estimate of drug-likeness (QED) is 0.266. The second-order valence-corrected chi connectivity index (χ2v) is 8.48. The molecule has 2 aliphatic carbocycles. The Balaban J connectivity index is 2.12. The lowest BCUT2D eigenvalue weighted by Gasteiger charge is -2.37. The highest BCUT2D eigenvalue weighted by molar-refractivity contribution is 5.77. The van der Waals surface area contributed by atoms with Crippen LogP contribution < -0.4 is 16.4 Å². The van der Waals surface area contributed by atoms with Crippen molar-refractivity contribution in [1.29, 1.82) is 0 Å². The Morgan fingerprint density at radius 2 is 1.96 bits per heavy atom. The molecule has 2 rings (SSSR count). The second kappa shape index (κ2) is 8.72. The number of aliphatic imine (C=N–C) groups is 1. The Bertz CT molecular complexity index is 520. The highest BCUT2D eigenvalue weighted by Crippen LogP contribution is 2.54. The molecule has 26 heavy (non-hydrogen) atoms. The fourth-order valence-corrected chi connectivity index (χ4v) is 5.03. The van der Waals surface area contributed by atoms with Crippen molar-refractivity contribution in [2.45, 2.75) is 63.1 Å². The van der Waals surface area contributed by atoms with Crippen LogP contribution >= 0.6 is 0 Å². The SMILES string of the molecule is C=C(CCNC)C1CCC(C)(O)C2CCC(O)(CCNC(N)=NC)C2C1. The van der Waals surface area contributed by atoms with Gasteiger partial charge in [0.05, 0.1) is 11.2 Å². The molecule has 2 fully saturated rings. The van der Waals surface area contributed by atoms with Gasteiger partial charge in [-0.1, -0.05) is 12.2 Å². The van der Waals surface area contributed by atoms with Crippen LogP contribution in [0.3, 0.4) is 0 Å². The maximum absolute atomic E-state index is 11.4. The van der Waals surface area contributed by atoms with Gasteiger partial charge in [-0.05, 0) is 83.2 Å². The first-order valence-electron chi connectivity index (χ1n) is 9.96. The topological polar surface area (TPSA) is 103 Å². The Kier molecular flexibility index (Phi) is 7.11. The molecule has 0 amide bonds.